The molecule has 0 unspecified atom stereocenters. The van der Waals surface area contributed by atoms with Crippen molar-refractivity contribution >= 4 is 5.91 Å². The maximum Gasteiger partial charge on any atom is 0.258 e. The van der Waals surface area contributed by atoms with Crippen LogP contribution in [0.5, 0.6) is 0 Å². The number of piperazine rings is 1. The number of carbonyl (C=O) groups is 1. The average Bonchev–Trinajstić information content (AvgIpc) is 3.00. The summed E-state index contributed by atoms with van der Waals surface area (Å²) >= 11 is 0. The summed E-state index contributed by atoms with van der Waals surface area (Å²) in [7, 11) is 2.19. The molecule has 1 fully saturated rings. The normalized spacial score (nSPS) is 15.5. The van der Waals surface area contributed by atoms with E-state index >= 15 is 0 Å². The Bertz CT molecular complexity index is 772. The summed E-state index contributed by atoms with van der Waals surface area (Å²) in [6.45, 7) is 10.0. The first-order valence-electron chi connectivity index (χ1n) is 9.83. The van der Waals surface area contributed by atoms with E-state index in [4.69, 9.17) is 5.10 Å². The molecule has 1 aromatic carbocycles. The second kappa shape index (κ2) is 8.04. The minimum Gasteiger partial charge on any atom is -0.334 e. The van der Waals surface area contributed by atoms with Crippen LogP contribution in [-0.4, -0.2) is 53.8 Å². The second-order valence-electron chi connectivity index (χ2n) is 7.37. The Morgan fingerprint density at radius 1 is 1.23 bits per heavy atom. The Kier molecular flexibility index (Phi) is 5.77. The summed E-state index contributed by atoms with van der Waals surface area (Å²) in [4.78, 5) is 16.9. The summed E-state index contributed by atoms with van der Waals surface area (Å²) in [6, 6.07) is 8.35. The Balaban J connectivity index is 2.04. The van der Waals surface area contributed by atoms with Crippen LogP contribution in [0, 0.1) is 6.92 Å². The Morgan fingerprint density at radius 2 is 1.96 bits per heavy atom. The molecule has 1 N–H and O–H groups in total. The summed E-state index contributed by atoms with van der Waals surface area (Å²) < 4.78 is 1.99. The molecule has 0 radical (unpaired) electrons. The lowest BCUT2D eigenvalue weighted by atomic mass is 10.1. The molecule has 26 heavy (non-hydrogen) atoms. The van der Waals surface area contributed by atoms with E-state index in [0.717, 1.165) is 68.1 Å². The van der Waals surface area contributed by atoms with E-state index in [-0.39, 0.29) is 5.91 Å². The molecule has 1 saturated heterocycles. The van der Waals surface area contributed by atoms with Gasteiger partial charge in [0.2, 0.25) is 0 Å². The maximum absolute atomic E-state index is 13.4. The van der Waals surface area contributed by atoms with Crippen molar-refractivity contribution in [2.45, 2.75) is 40.0 Å². The van der Waals surface area contributed by atoms with Crippen LogP contribution in [0.25, 0.3) is 5.69 Å². The van der Waals surface area contributed by atoms with Crippen LogP contribution >= 0.6 is 0 Å². The SMILES string of the molecule is CCCc1nn(-c2cccc(C)c2)c(CC)c1C(=O)N1CC[NH+](C)CC1. The number of amides is 1. The molecule has 2 aromatic rings. The molecule has 0 aliphatic carbocycles. The molecule has 0 bridgehead atoms. The number of rotatable bonds is 5. The molecular formula is C21H31N4O+. The summed E-state index contributed by atoms with van der Waals surface area (Å²) in [6.07, 6.45) is 2.62. The summed E-state index contributed by atoms with van der Waals surface area (Å²) in [5.74, 6) is 0.164. The van der Waals surface area contributed by atoms with Crippen LogP contribution in [0.2, 0.25) is 0 Å². The van der Waals surface area contributed by atoms with E-state index in [1.165, 1.54) is 10.5 Å². The quantitative estimate of drug-likeness (QED) is 0.886. The second-order valence-corrected chi connectivity index (χ2v) is 7.37. The zero-order chi connectivity index (χ0) is 18.7. The fraction of sp³-hybridized carbons (Fsp3) is 0.524. The minimum absolute atomic E-state index is 0.164. The van der Waals surface area contributed by atoms with Crippen LogP contribution in [0.15, 0.2) is 24.3 Å². The van der Waals surface area contributed by atoms with E-state index in [1.54, 1.807) is 0 Å². The largest absolute Gasteiger partial charge is 0.334 e. The zero-order valence-electron chi connectivity index (χ0n) is 16.5. The third kappa shape index (κ3) is 3.68. The number of likely N-dealkylation sites (N-methyl/N-ethyl adjacent to an activating group) is 1. The van der Waals surface area contributed by atoms with Gasteiger partial charge in [0.05, 0.1) is 55.9 Å². The molecule has 1 aromatic heterocycles. The molecule has 5 heteroatoms. The molecule has 1 aliphatic rings. The lowest BCUT2D eigenvalue weighted by molar-refractivity contribution is -0.883. The van der Waals surface area contributed by atoms with Crippen molar-refractivity contribution in [2.75, 3.05) is 33.2 Å². The van der Waals surface area contributed by atoms with E-state index in [9.17, 15) is 4.79 Å². The van der Waals surface area contributed by atoms with Gasteiger partial charge in [0.1, 0.15) is 0 Å². The molecule has 2 heterocycles. The van der Waals surface area contributed by atoms with Gasteiger partial charge in [-0.25, -0.2) is 4.68 Å². The van der Waals surface area contributed by atoms with Crippen LogP contribution in [0.3, 0.4) is 0 Å². The van der Waals surface area contributed by atoms with Gasteiger partial charge < -0.3 is 9.80 Å². The first-order chi connectivity index (χ1) is 12.5. The highest BCUT2D eigenvalue weighted by Crippen LogP contribution is 2.23. The number of hydrogen-bond acceptors (Lipinski definition) is 2. The Morgan fingerprint density at radius 3 is 2.58 bits per heavy atom. The smallest absolute Gasteiger partial charge is 0.258 e. The van der Waals surface area contributed by atoms with Gasteiger partial charge in [-0.15, -0.1) is 0 Å². The number of carbonyl (C=O) groups excluding carboxylic acids is 1. The third-order valence-electron chi connectivity index (χ3n) is 5.24. The highest BCUT2D eigenvalue weighted by molar-refractivity contribution is 5.96. The van der Waals surface area contributed by atoms with E-state index in [2.05, 4.69) is 52.1 Å². The minimum atomic E-state index is 0.164. The standard InChI is InChI=1S/C21H30N4O/c1-5-8-18-20(21(26)24-13-11-23(4)12-14-24)19(6-2)25(22-18)17-10-7-9-16(3)15-17/h7,9-10,15H,5-6,8,11-14H2,1-4H3/p+1. The summed E-state index contributed by atoms with van der Waals surface area (Å²) in [5, 5.41) is 4.88. The van der Waals surface area contributed by atoms with Gasteiger partial charge in [0.15, 0.2) is 0 Å². The molecule has 3 rings (SSSR count). The predicted octanol–water partition coefficient (Wildman–Crippen LogP) is 1.67. The third-order valence-corrected chi connectivity index (χ3v) is 5.24. The van der Waals surface area contributed by atoms with Crippen molar-refractivity contribution in [3.8, 4) is 5.69 Å². The van der Waals surface area contributed by atoms with Gasteiger partial charge in [-0.2, -0.15) is 5.10 Å². The Labute approximate surface area is 156 Å². The van der Waals surface area contributed by atoms with E-state index in [1.807, 2.05) is 9.58 Å². The lowest BCUT2D eigenvalue weighted by Crippen LogP contribution is -3.12. The van der Waals surface area contributed by atoms with E-state index < -0.39 is 0 Å². The molecule has 0 atom stereocenters. The van der Waals surface area contributed by atoms with Crippen molar-refractivity contribution in [3.63, 3.8) is 0 Å². The topological polar surface area (TPSA) is 42.6 Å². The number of benzene rings is 1. The zero-order valence-corrected chi connectivity index (χ0v) is 16.5. The van der Waals surface area contributed by atoms with E-state index in [0.29, 0.717) is 0 Å². The molecule has 5 nitrogen and oxygen atoms in total. The van der Waals surface area contributed by atoms with Gasteiger partial charge in [-0.1, -0.05) is 32.4 Å². The Hall–Kier alpha value is -2.14. The lowest BCUT2D eigenvalue weighted by Gasteiger charge is -2.30. The highest BCUT2D eigenvalue weighted by Gasteiger charge is 2.29. The van der Waals surface area contributed by atoms with Crippen molar-refractivity contribution in [2.24, 2.45) is 0 Å². The van der Waals surface area contributed by atoms with Crippen LogP contribution < -0.4 is 4.90 Å². The van der Waals surface area contributed by atoms with Gasteiger partial charge in [-0.3, -0.25) is 4.79 Å². The first kappa shape index (κ1) is 18.6. The van der Waals surface area contributed by atoms with Crippen LogP contribution in [0.1, 0.15) is 47.6 Å². The highest BCUT2D eigenvalue weighted by atomic mass is 16.2. The number of hydrogen-bond donors (Lipinski definition) is 1. The fourth-order valence-electron chi connectivity index (χ4n) is 3.71. The average molecular weight is 356 g/mol. The monoisotopic (exact) mass is 355 g/mol. The summed E-state index contributed by atoms with van der Waals surface area (Å²) in [5.41, 5.74) is 5.07. The molecule has 1 aliphatic heterocycles. The fourth-order valence-corrected chi connectivity index (χ4v) is 3.71. The number of aryl methyl sites for hydroxylation is 2. The first-order valence-corrected chi connectivity index (χ1v) is 9.83. The van der Waals surface area contributed by atoms with Crippen LogP contribution in [-0.2, 0) is 12.8 Å². The predicted molar refractivity (Wildman–Crippen MR) is 104 cm³/mol. The molecule has 0 spiro atoms. The number of quaternary nitrogens is 1. The molecule has 0 saturated carbocycles. The van der Waals surface area contributed by atoms with Gasteiger partial charge in [0, 0.05) is 0 Å². The molecular weight excluding hydrogens is 324 g/mol. The molecule has 140 valence electrons. The van der Waals surface area contributed by atoms with Crippen molar-refractivity contribution in [1.29, 1.82) is 0 Å². The van der Waals surface area contributed by atoms with Crippen molar-refractivity contribution < 1.29 is 9.69 Å². The number of nitrogens with one attached hydrogen (secondary N) is 1. The number of aromatic nitrogens is 2. The van der Waals surface area contributed by atoms with Crippen molar-refractivity contribution in [1.82, 2.24) is 14.7 Å². The van der Waals surface area contributed by atoms with Crippen molar-refractivity contribution in [3.05, 3.63) is 46.8 Å². The molecule has 1 amide bonds. The van der Waals surface area contributed by atoms with Gasteiger partial charge in [-0.05, 0) is 37.5 Å². The van der Waals surface area contributed by atoms with Gasteiger partial charge in [0.25, 0.3) is 5.91 Å². The maximum atomic E-state index is 13.4. The number of nitrogens with zero attached hydrogens (tertiary/aromatic N) is 3. The van der Waals surface area contributed by atoms with Crippen LogP contribution in [0.4, 0.5) is 0 Å². The van der Waals surface area contributed by atoms with Gasteiger partial charge >= 0.3 is 0 Å².